The van der Waals surface area contributed by atoms with Gasteiger partial charge in [-0.05, 0) is 38.5 Å². The van der Waals surface area contributed by atoms with Crippen LogP contribution in [0.2, 0.25) is 0 Å². The van der Waals surface area contributed by atoms with Gasteiger partial charge in [0.1, 0.15) is 0 Å². The minimum atomic E-state index is -0.836. The second kappa shape index (κ2) is 4.13. The predicted octanol–water partition coefficient (Wildman–Crippen LogP) is 2.32. The topological polar surface area (TPSA) is 43.1 Å². The highest BCUT2D eigenvalue weighted by molar-refractivity contribution is 7.85. The molecule has 1 aromatic rings. The van der Waals surface area contributed by atoms with Crippen molar-refractivity contribution in [3.63, 3.8) is 0 Å². The summed E-state index contributed by atoms with van der Waals surface area (Å²) in [6, 6.07) is 7.54. The fourth-order valence-electron chi connectivity index (χ4n) is 0.982. The van der Waals surface area contributed by atoms with Crippen molar-refractivity contribution in [3.05, 3.63) is 29.8 Å². The maximum atomic E-state index is 11.8. The van der Waals surface area contributed by atoms with Crippen molar-refractivity contribution in [1.29, 1.82) is 0 Å². The van der Waals surface area contributed by atoms with Gasteiger partial charge in [-0.1, -0.05) is 12.1 Å². The molecule has 78 valence electrons. The first-order valence-corrected chi connectivity index (χ1v) is 5.94. The Hall–Kier alpha value is -0.830. The van der Waals surface area contributed by atoms with Crippen molar-refractivity contribution in [2.24, 2.45) is 0 Å². The molecule has 0 amide bonds. The van der Waals surface area contributed by atoms with Crippen molar-refractivity contribution >= 4 is 16.5 Å². The summed E-state index contributed by atoms with van der Waals surface area (Å²) in [6.07, 6.45) is 0. The quantitative estimate of drug-likeness (QED) is 0.763. The SMILES string of the molecule is CC(C)(C)S(=O)Cc1ccc(N)cc1. The Morgan fingerprint density at radius 2 is 1.71 bits per heavy atom. The Morgan fingerprint density at radius 3 is 2.14 bits per heavy atom. The average Bonchev–Trinajstić information content (AvgIpc) is 2.07. The van der Waals surface area contributed by atoms with Crippen LogP contribution in [0.5, 0.6) is 0 Å². The largest absolute Gasteiger partial charge is 0.399 e. The summed E-state index contributed by atoms with van der Waals surface area (Å²) in [4.78, 5) is 0. The summed E-state index contributed by atoms with van der Waals surface area (Å²) >= 11 is 0. The molecular weight excluding hydrogens is 194 g/mol. The Balaban J connectivity index is 2.71. The Labute approximate surface area is 88.0 Å². The van der Waals surface area contributed by atoms with E-state index in [-0.39, 0.29) is 4.75 Å². The molecule has 0 aliphatic rings. The van der Waals surface area contributed by atoms with Gasteiger partial charge in [0.25, 0.3) is 0 Å². The smallest absolute Gasteiger partial charge is 0.0491 e. The van der Waals surface area contributed by atoms with Crippen molar-refractivity contribution < 1.29 is 4.21 Å². The van der Waals surface area contributed by atoms with Gasteiger partial charge < -0.3 is 5.73 Å². The van der Waals surface area contributed by atoms with E-state index >= 15 is 0 Å². The molecule has 3 heteroatoms. The van der Waals surface area contributed by atoms with Gasteiger partial charge in [-0.15, -0.1) is 0 Å². The van der Waals surface area contributed by atoms with Crippen LogP contribution in [0, 0.1) is 0 Å². The molecule has 1 unspecified atom stereocenters. The Kier molecular flexibility index (Phi) is 3.32. The van der Waals surface area contributed by atoms with Crippen LogP contribution in [0.1, 0.15) is 26.3 Å². The van der Waals surface area contributed by atoms with Crippen molar-refractivity contribution in [2.75, 3.05) is 5.73 Å². The van der Waals surface area contributed by atoms with Crippen LogP contribution < -0.4 is 5.73 Å². The second-order valence-corrected chi connectivity index (χ2v) is 6.55. The van der Waals surface area contributed by atoms with Crippen LogP contribution in [0.25, 0.3) is 0 Å². The second-order valence-electron chi connectivity index (χ2n) is 4.34. The van der Waals surface area contributed by atoms with Gasteiger partial charge >= 0.3 is 0 Å². The number of benzene rings is 1. The molecule has 0 saturated heterocycles. The van der Waals surface area contributed by atoms with Crippen LogP contribution in [-0.4, -0.2) is 8.96 Å². The first-order valence-electron chi connectivity index (χ1n) is 4.62. The number of rotatable bonds is 2. The van der Waals surface area contributed by atoms with E-state index in [1.54, 1.807) is 0 Å². The van der Waals surface area contributed by atoms with Crippen LogP contribution in [0.15, 0.2) is 24.3 Å². The molecule has 0 aliphatic carbocycles. The Bertz CT molecular complexity index is 324. The summed E-state index contributed by atoms with van der Waals surface area (Å²) in [7, 11) is -0.836. The third kappa shape index (κ3) is 3.14. The molecule has 0 fully saturated rings. The molecule has 2 nitrogen and oxygen atoms in total. The highest BCUT2D eigenvalue weighted by atomic mass is 32.2. The molecule has 0 aliphatic heterocycles. The first kappa shape index (κ1) is 11.2. The number of nitrogens with two attached hydrogens (primary N) is 1. The van der Waals surface area contributed by atoms with Gasteiger partial charge in [-0.25, -0.2) is 0 Å². The van der Waals surface area contributed by atoms with Gasteiger partial charge in [-0.3, -0.25) is 4.21 Å². The van der Waals surface area contributed by atoms with E-state index in [2.05, 4.69) is 0 Å². The standard InChI is InChI=1S/C11H17NOS/c1-11(2,3)14(13)8-9-4-6-10(12)7-5-9/h4-7H,8,12H2,1-3H3. The number of hydrogen-bond acceptors (Lipinski definition) is 2. The molecule has 0 radical (unpaired) electrons. The van der Waals surface area contributed by atoms with Crippen molar-refractivity contribution in [1.82, 2.24) is 0 Å². The fourth-order valence-corrected chi connectivity index (χ4v) is 1.91. The molecule has 0 bridgehead atoms. The van der Waals surface area contributed by atoms with E-state index in [1.165, 1.54) is 0 Å². The molecule has 14 heavy (non-hydrogen) atoms. The third-order valence-electron chi connectivity index (χ3n) is 1.96. The maximum absolute atomic E-state index is 11.8. The summed E-state index contributed by atoms with van der Waals surface area (Å²) < 4.78 is 11.6. The van der Waals surface area contributed by atoms with Gasteiger partial charge in [0, 0.05) is 27.0 Å². The fraction of sp³-hybridized carbons (Fsp3) is 0.455. The predicted molar refractivity (Wildman–Crippen MR) is 62.5 cm³/mol. The highest BCUT2D eigenvalue weighted by Crippen LogP contribution is 2.16. The van der Waals surface area contributed by atoms with Crippen LogP contribution >= 0.6 is 0 Å². The van der Waals surface area contributed by atoms with E-state index in [1.807, 2.05) is 45.0 Å². The molecule has 1 atom stereocenters. The van der Waals surface area contributed by atoms with Gasteiger partial charge in [0.2, 0.25) is 0 Å². The third-order valence-corrected chi connectivity index (χ3v) is 3.92. The van der Waals surface area contributed by atoms with E-state index in [9.17, 15) is 4.21 Å². The molecular formula is C11H17NOS. The zero-order valence-electron chi connectivity index (χ0n) is 8.91. The number of nitrogen functional groups attached to an aromatic ring is 1. The van der Waals surface area contributed by atoms with Crippen molar-refractivity contribution in [2.45, 2.75) is 31.3 Å². The molecule has 0 spiro atoms. The monoisotopic (exact) mass is 211 g/mol. The summed E-state index contributed by atoms with van der Waals surface area (Å²) in [5.41, 5.74) is 7.39. The van der Waals surface area contributed by atoms with E-state index in [0.29, 0.717) is 5.75 Å². The van der Waals surface area contributed by atoms with Crippen molar-refractivity contribution in [3.8, 4) is 0 Å². The average molecular weight is 211 g/mol. The minimum absolute atomic E-state index is 0.151. The zero-order chi connectivity index (χ0) is 10.8. The van der Waals surface area contributed by atoms with E-state index in [4.69, 9.17) is 5.73 Å². The summed E-state index contributed by atoms with van der Waals surface area (Å²) in [5, 5.41) is 0. The van der Waals surface area contributed by atoms with E-state index < -0.39 is 10.8 Å². The summed E-state index contributed by atoms with van der Waals surface area (Å²) in [5.74, 6) is 0.601. The maximum Gasteiger partial charge on any atom is 0.0491 e. The Morgan fingerprint density at radius 1 is 1.21 bits per heavy atom. The van der Waals surface area contributed by atoms with Crippen LogP contribution in [0.4, 0.5) is 5.69 Å². The van der Waals surface area contributed by atoms with Gasteiger partial charge in [0.05, 0.1) is 0 Å². The summed E-state index contributed by atoms with van der Waals surface area (Å²) in [6.45, 7) is 5.96. The molecule has 0 heterocycles. The normalized spacial score (nSPS) is 13.9. The van der Waals surface area contributed by atoms with Gasteiger partial charge in [-0.2, -0.15) is 0 Å². The lowest BCUT2D eigenvalue weighted by Crippen LogP contribution is -2.22. The molecule has 1 rings (SSSR count). The lowest BCUT2D eigenvalue weighted by molar-refractivity contribution is 0.648. The zero-order valence-corrected chi connectivity index (χ0v) is 9.73. The van der Waals surface area contributed by atoms with E-state index in [0.717, 1.165) is 11.3 Å². The highest BCUT2D eigenvalue weighted by Gasteiger charge is 2.19. The molecule has 0 aromatic heterocycles. The molecule has 2 N–H and O–H groups in total. The molecule has 0 saturated carbocycles. The lowest BCUT2D eigenvalue weighted by Gasteiger charge is -2.17. The lowest BCUT2D eigenvalue weighted by atomic mass is 10.2. The first-order chi connectivity index (χ1) is 6.39. The van der Waals surface area contributed by atoms with Crippen LogP contribution in [0.3, 0.4) is 0 Å². The number of anilines is 1. The molecule has 1 aromatic carbocycles. The minimum Gasteiger partial charge on any atom is -0.399 e. The van der Waals surface area contributed by atoms with Crippen LogP contribution in [-0.2, 0) is 16.6 Å². The van der Waals surface area contributed by atoms with Gasteiger partial charge in [0.15, 0.2) is 0 Å². The number of hydrogen-bond donors (Lipinski definition) is 1.